The second-order valence-corrected chi connectivity index (χ2v) is 12.7. The first-order valence-electron chi connectivity index (χ1n) is 13.9. The van der Waals surface area contributed by atoms with Crippen LogP contribution in [0, 0.1) is 5.82 Å². The van der Waals surface area contributed by atoms with E-state index in [0.29, 0.717) is 29.2 Å². The number of likely N-dealkylation sites (tertiary alicyclic amines) is 1. The van der Waals surface area contributed by atoms with Crippen LogP contribution in [0.4, 0.5) is 10.1 Å². The summed E-state index contributed by atoms with van der Waals surface area (Å²) >= 11 is 1.32. The van der Waals surface area contributed by atoms with Crippen LogP contribution in [0.25, 0.3) is 20.9 Å². The van der Waals surface area contributed by atoms with E-state index in [-0.39, 0.29) is 23.8 Å². The molecule has 0 saturated carbocycles. The lowest BCUT2D eigenvalue weighted by Gasteiger charge is -2.32. The average molecular weight is 600 g/mol. The molecule has 212 valence electrons. The van der Waals surface area contributed by atoms with Gasteiger partial charge < -0.3 is 10.2 Å². The molecule has 9 heteroatoms. The van der Waals surface area contributed by atoms with Crippen LogP contribution in [0.5, 0.6) is 0 Å². The Morgan fingerprint density at radius 1 is 0.952 bits per heavy atom. The van der Waals surface area contributed by atoms with Crippen molar-refractivity contribution in [3.63, 3.8) is 0 Å². The standard InChI is InChI=1S/C33H28FN2O4PS/c34-25-12-9-22(10-13-25)23-15-17-36(18-16-23)33(38)31-30(27-7-3-4-8-29(27)42-31)28(20-41(39)40)32(37)35-26-14-11-21-5-1-2-6-24(21)19-26/h1-14,19,23,28H,15-18,20H2,(H-,35,37,39,40)/p+1. The molecular weight excluding hydrogens is 570 g/mol. The van der Waals surface area contributed by atoms with E-state index in [1.165, 1.54) is 23.5 Å². The number of amides is 2. The number of rotatable bonds is 7. The van der Waals surface area contributed by atoms with Crippen molar-refractivity contribution in [2.75, 3.05) is 24.6 Å². The molecule has 5 aromatic rings. The van der Waals surface area contributed by atoms with Gasteiger partial charge in [-0.05, 0) is 75.4 Å². The van der Waals surface area contributed by atoms with E-state index in [2.05, 4.69) is 5.32 Å². The van der Waals surface area contributed by atoms with Crippen LogP contribution in [0.3, 0.4) is 0 Å². The normalized spacial score (nSPS) is 15.1. The van der Waals surface area contributed by atoms with Crippen LogP contribution in [0.2, 0.25) is 0 Å². The number of nitrogens with zero attached hydrogens (tertiary/aromatic N) is 1. The molecule has 0 aliphatic carbocycles. The minimum atomic E-state index is -2.67. The molecule has 1 aliphatic rings. The third-order valence-corrected chi connectivity index (χ3v) is 9.82. The van der Waals surface area contributed by atoms with Gasteiger partial charge in [0.15, 0.2) is 6.16 Å². The molecule has 42 heavy (non-hydrogen) atoms. The summed E-state index contributed by atoms with van der Waals surface area (Å²) in [6.07, 6.45) is 1.18. The highest BCUT2D eigenvalue weighted by atomic mass is 32.1. The highest BCUT2D eigenvalue weighted by Gasteiger charge is 2.37. The molecule has 2 amide bonds. The van der Waals surface area contributed by atoms with E-state index in [0.717, 1.165) is 39.3 Å². The van der Waals surface area contributed by atoms with Gasteiger partial charge in [-0.25, -0.2) is 4.39 Å². The van der Waals surface area contributed by atoms with E-state index < -0.39 is 19.9 Å². The van der Waals surface area contributed by atoms with E-state index in [9.17, 15) is 23.4 Å². The van der Waals surface area contributed by atoms with Gasteiger partial charge in [-0.15, -0.1) is 11.3 Å². The van der Waals surface area contributed by atoms with Gasteiger partial charge in [0.25, 0.3) is 5.91 Å². The largest absolute Gasteiger partial charge is 0.506 e. The number of fused-ring (bicyclic) bond motifs is 2. The first-order valence-corrected chi connectivity index (χ1v) is 16.1. The number of piperidine rings is 1. The minimum absolute atomic E-state index is 0.180. The van der Waals surface area contributed by atoms with Crippen LogP contribution < -0.4 is 5.32 Å². The highest BCUT2D eigenvalue weighted by molar-refractivity contribution is 7.38. The Hall–Kier alpha value is -3.97. The zero-order chi connectivity index (χ0) is 29.2. The lowest BCUT2D eigenvalue weighted by Crippen LogP contribution is -2.38. The van der Waals surface area contributed by atoms with E-state index in [1.54, 1.807) is 23.1 Å². The fourth-order valence-corrected chi connectivity index (χ4v) is 7.72. The molecule has 0 radical (unpaired) electrons. The maximum Gasteiger partial charge on any atom is 0.506 e. The van der Waals surface area contributed by atoms with Crippen molar-refractivity contribution < 1.29 is 23.4 Å². The maximum absolute atomic E-state index is 14.0. The molecular formula is C33H29FN2O4PS+. The van der Waals surface area contributed by atoms with Gasteiger partial charge in [0, 0.05) is 29.0 Å². The van der Waals surface area contributed by atoms with E-state index in [4.69, 9.17) is 0 Å². The molecule has 1 aliphatic heterocycles. The number of halogens is 1. The van der Waals surface area contributed by atoms with Gasteiger partial charge in [-0.1, -0.05) is 60.7 Å². The van der Waals surface area contributed by atoms with Crippen molar-refractivity contribution in [1.29, 1.82) is 0 Å². The number of anilines is 1. The predicted molar refractivity (Wildman–Crippen MR) is 166 cm³/mol. The van der Waals surface area contributed by atoms with Gasteiger partial charge in [0.2, 0.25) is 5.91 Å². The molecule has 1 aromatic heterocycles. The Labute approximate surface area is 247 Å². The third-order valence-electron chi connectivity index (χ3n) is 7.97. The fourth-order valence-electron chi connectivity index (χ4n) is 5.82. The molecule has 0 bridgehead atoms. The van der Waals surface area contributed by atoms with Crippen molar-refractivity contribution in [1.82, 2.24) is 4.90 Å². The minimum Gasteiger partial charge on any atom is -0.338 e. The quantitative estimate of drug-likeness (QED) is 0.188. The summed E-state index contributed by atoms with van der Waals surface area (Å²) < 4.78 is 26.4. The summed E-state index contributed by atoms with van der Waals surface area (Å²) in [5.41, 5.74) is 2.13. The monoisotopic (exact) mass is 599 g/mol. The smallest absolute Gasteiger partial charge is 0.338 e. The van der Waals surface area contributed by atoms with Crippen molar-refractivity contribution in [2.45, 2.75) is 24.7 Å². The molecule has 2 atom stereocenters. The Morgan fingerprint density at radius 3 is 2.38 bits per heavy atom. The lowest BCUT2D eigenvalue weighted by atomic mass is 9.89. The second kappa shape index (κ2) is 12.1. The van der Waals surface area contributed by atoms with Crippen LogP contribution in [-0.2, 0) is 9.36 Å². The van der Waals surface area contributed by atoms with Gasteiger partial charge >= 0.3 is 8.03 Å². The SMILES string of the molecule is O=C(Nc1ccc2ccccc2c1)C(C[P+](=O)O)c1c(C(=O)N2CCC(c3ccc(F)cc3)CC2)sc2ccccc12. The topological polar surface area (TPSA) is 86.7 Å². The molecule has 6 rings (SSSR count). The predicted octanol–water partition coefficient (Wildman–Crippen LogP) is 7.67. The summed E-state index contributed by atoms with van der Waals surface area (Å²) in [6, 6.07) is 27.4. The Morgan fingerprint density at radius 2 is 1.64 bits per heavy atom. The fraction of sp³-hybridized carbons (Fsp3) is 0.212. The van der Waals surface area contributed by atoms with E-state index in [1.807, 2.05) is 60.7 Å². The summed E-state index contributed by atoms with van der Waals surface area (Å²) in [5, 5.41) is 5.67. The first-order chi connectivity index (χ1) is 20.4. The molecule has 1 saturated heterocycles. The average Bonchev–Trinajstić information content (AvgIpc) is 3.39. The second-order valence-electron chi connectivity index (χ2n) is 10.6. The van der Waals surface area contributed by atoms with Crippen LogP contribution >= 0.6 is 19.4 Å². The maximum atomic E-state index is 14.0. The van der Waals surface area contributed by atoms with Crippen LogP contribution in [0.15, 0.2) is 91.0 Å². The lowest BCUT2D eigenvalue weighted by molar-refractivity contribution is -0.117. The summed E-state index contributed by atoms with van der Waals surface area (Å²) in [6.45, 7) is 1.05. The van der Waals surface area contributed by atoms with Crippen molar-refractivity contribution >= 4 is 57.7 Å². The molecule has 2 N–H and O–H groups in total. The molecule has 4 aromatic carbocycles. The number of carbonyl (C=O) groups excluding carboxylic acids is 2. The number of thiophene rings is 1. The highest BCUT2D eigenvalue weighted by Crippen LogP contribution is 2.41. The zero-order valence-electron chi connectivity index (χ0n) is 22.7. The van der Waals surface area contributed by atoms with Gasteiger partial charge in [0.1, 0.15) is 11.7 Å². The van der Waals surface area contributed by atoms with Gasteiger partial charge in [-0.2, -0.15) is 4.89 Å². The number of benzene rings is 4. The van der Waals surface area contributed by atoms with Crippen LogP contribution in [0.1, 0.15) is 45.5 Å². The third kappa shape index (κ3) is 5.84. The molecule has 6 nitrogen and oxygen atoms in total. The van der Waals surface area contributed by atoms with Crippen LogP contribution in [-0.4, -0.2) is 40.9 Å². The molecule has 2 heterocycles. The Bertz CT molecular complexity index is 1800. The van der Waals surface area contributed by atoms with E-state index >= 15 is 0 Å². The summed E-state index contributed by atoms with van der Waals surface area (Å²) in [5.74, 6) is -1.66. The van der Waals surface area contributed by atoms with Gasteiger partial charge in [0.05, 0.1) is 4.88 Å². The Kier molecular flexibility index (Phi) is 8.11. The molecule has 1 fully saturated rings. The van der Waals surface area contributed by atoms with Crippen molar-refractivity contribution in [3.05, 3.63) is 113 Å². The number of hydrogen-bond donors (Lipinski definition) is 2. The number of nitrogens with one attached hydrogen (secondary N) is 1. The Balaban J connectivity index is 1.30. The number of carbonyl (C=O) groups is 2. The summed E-state index contributed by atoms with van der Waals surface area (Å²) in [4.78, 5) is 40.0. The van der Waals surface area contributed by atoms with Crippen molar-refractivity contribution in [2.24, 2.45) is 0 Å². The first kappa shape index (κ1) is 28.2. The van der Waals surface area contributed by atoms with Gasteiger partial charge in [-0.3, -0.25) is 9.59 Å². The van der Waals surface area contributed by atoms with Crippen molar-refractivity contribution in [3.8, 4) is 0 Å². The zero-order valence-corrected chi connectivity index (χ0v) is 24.4. The number of hydrogen-bond acceptors (Lipinski definition) is 4. The molecule has 0 spiro atoms. The summed E-state index contributed by atoms with van der Waals surface area (Å²) in [7, 11) is -2.67. The molecule has 2 unspecified atom stereocenters.